The van der Waals surface area contributed by atoms with Crippen LogP contribution in [-0.4, -0.2) is 11.6 Å². The van der Waals surface area contributed by atoms with Gasteiger partial charge in [-0.05, 0) is 6.07 Å². The summed E-state index contributed by atoms with van der Waals surface area (Å²) in [6.07, 6.45) is 1.18. The first-order valence-corrected chi connectivity index (χ1v) is 3.52. The van der Waals surface area contributed by atoms with Gasteiger partial charge in [-0.25, -0.2) is 4.98 Å². The quantitative estimate of drug-likeness (QED) is 0.742. The predicted molar refractivity (Wildman–Crippen MR) is 40.6 cm³/mol. The van der Waals surface area contributed by atoms with Gasteiger partial charge in [0, 0.05) is 6.20 Å². The van der Waals surface area contributed by atoms with Crippen LogP contribution in [0.1, 0.15) is 5.56 Å². The lowest BCUT2D eigenvalue weighted by molar-refractivity contribution is -0.0530. The van der Waals surface area contributed by atoms with Gasteiger partial charge in [-0.2, -0.15) is 14.0 Å². The molecule has 0 unspecified atom stereocenters. The van der Waals surface area contributed by atoms with Gasteiger partial charge in [0.2, 0.25) is 5.88 Å². The van der Waals surface area contributed by atoms with Crippen molar-refractivity contribution >= 4 is 11.6 Å². The second-order valence-electron chi connectivity index (χ2n) is 1.96. The zero-order valence-corrected chi connectivity index (χ0v) is 6.92. The highest BCUT2D eigenvalue weighted by molar-refractivity contribution is 6.31. The number of alkyl halides is 2. The third kappa shape index (κ3) is 2.26. The molecule has 0 fully saturated rings. The van der Waals surface area contributed by atoms with Crippen LogP contribution >= 0.6 is 11.6 Å². The molecule has 0 amide bonds. The topological polar surface area (TPSA) is 45.9 Å². The van der Waals surface area contributed by atoms with E-state index in [1.54, 1.807) is 6.07 Å². The molecule has 0 saturated carbocycles. The van der Waals surface area contributed by atoms with Crippen molar-refractivity contribution in [1.82, 2.24) is 4.98 Å². The van der Waals surface area contributed by atoms with Gasteiger partial charge in [-0.3, -0.25) is 0 Å². The molecule has 0 aromatic carbocycles. The highest BCUT2D eigenvalue weighted by atomic mass is 35.5. The van der Waals surface area contributed by atoms with E-state index in [0.29, 0.717) is 0 Å². The van der Waals surface area contributed by atoms with E-state index in [1.165, 1.54) is 12.3 Å². The van der Waals surface area contributed by atoms with E-state index in [0.717, 1.165) is 0 Å². The van der Waals surface area contributed by atoms with Crippen LogP contribution in [0.4, 0.5) is 8.78 Å². The summed E-state index contributed by atoms with van der Waals surface area (Å²) >= 11 is 5.53. The Kier molecular flexibility index (Phi) is 2.98. The third-order valence-corrected chi connectivity index (χ3v) is 1.49. The Morgan fingerprint density at radius 2 is 2.31 bits per heavy atom. The first-order valence-electron chi connectivity index (χ1n) is 3.14. The Labute approximate surface area is 77.5 Å². The lowest BCUT2D eigenvalue weighted by Crippen LogP contribution is -2.05. The maximum absolute atomic E-state index is 11.8. The lowest BCUT2D eigenvalue weighted by atomic mass is 10.3. The first kappa shape index (κ1) is 9.68. The summed E-state index contributed by atoms with van der Waals surface area (Å²) in [4.78, 5) is 3.44. The van der Waals surface area contributed by atoms with Crippen LogP contribution in [0.3, 0.4) is 0 Å². The van der Waals surface area contributed by atoms with E-state index in [4.69, 9.17) is 16.9 Å². The Morgan fingerprint density at radius 1 is 1.62 bits per heavy atom. The van der Waals surface area contributed by atoms with Crippen LogP contribution in [0.15, 0.2) is 12.3 Å². The van der Waals surface area contributed by atoms with E-state index in [2.05, 4.69) is 9.72 Å². The van der Waals surface area contributed by atoms with Crippen molar-refractivity contribution in [3.63, 3.8) is 0 Å². The number of halogens is 3. The number of ether oxygens (including phenoxy) is 1. The molecule has 1 aromatic heterocycles. The van der Waals surface area contributed by atoms with Gasteiger partial charge in [0.15, 0.2) is 0 Å². The molecule has 1 heterocycles. The fourth-order valence-corrected chi connectivity index (χ4v) is 0.875. The van der Waals surface area contributed by atoms with Gasteiger partial charge in [-0.15, -0.1) is 0 Å². The average Bonchev–Trinajstić information content (AvgIpc) is 2.03. The van der Waals surface area contributed by atoms with Gasteiger partial charge >= 0.3 is 6.61 Å². The van der Waals surface area contributed by atoms with Crippen molar-refractivity contribution in [2.24, 2.45) is 0 Å². The number of hydrogen-bond acceptors (Lipinski definition) is 3. The SMILES string of the molecule is N#Cc1c(Cl)ccnc1OC(F)F. The van der Waals surface area contributed by atoms with E-state index in [9.17, 15) is 8.78 Å². The van der Waals surface area contributed by atoms with Crippen molar-refractivity contribution in [2.45, 2.75) is 6.61 Å². The van der Waals surface area contributed by atoms with Crippen LogP contribution in [-0.2, 0) is 0 Å². The van der Waals surface area contributed by atoms with Crippen molar-refractivity contribution in [3.05, 3.63) is 22.8 Å². The molecule has 0 spiro atoms. The summed E-state index contributed by atoms with van der Waals surface area (Å²) < 4.78 is 27.5. The molecule has 6 heteroatoms. The van der Waals surface area contributed by atoms with Crippen LogP contribution < -0.4 is 4.74 Å². The summed E-state index contributed by atoms with van der Waals surface area (Å²) in [7, 11) is 0. The zero-order chi connectivity index (χ0) is 9.84. The Bertz CT molecular complexity index is 351. The molecule has 0 aliphatic carbocycles. The van der Waals surface area contributed by atoms with Crippen molar-refractivity contribution in [3.8, 4) is 11.9 Å². The molecule has 0 saturated heterocycles. The Morgan fingerprint density at radius 3 is 2.85 bits per heavy atom. The second kappa shape index (κ2) is 4.01. The number of aromatic nitrogens is 1. The fourth-order valence-electron chi connectivity index (χ4n) is 0.695. The van der Waals surface area contributed by atoms with Crippen LogP contribution in [0.25, 0.3) is 0 Å². The average molecular weight is 205 g/mol. The van der Waals surface area contributed by atoms with E-state index < -0.39 is 12.5 Å². The third-order valence-electron chi connectivity index (χ3n) is 1.18. The summed E-state index contributed by atoms with van der Waals surface area (Å²) in [5.74, 6) is -0.454. The van der Waals surface area contributed by atoms with Crippen LogP contribution in [0.5, 0.6) is 5.88 Å². The Balaban J connectivity index is 3.07. The molecule has 0 bridgehead atoms. The van der Waals surface area contributed by atoms with Gasteiger partial charge in [0.05, 0.1) is 5.02 Å². The van der Waals surface area contributed by atoms with E-state index in [1.807, 2.05) is 0 Å². The number of hydrogen-bond donors (Lipinski definition) is 0. The normalized spacial score (nSPS) is 9.77. The molecule has 0 atom stereocenters. The molecule has 0 N–H and O–H groups in total. The molecule has 0 aliphatic heterocycles. The van der Waals surface area contributed by atoms with Crippen molar-refractivity contribution < 1.29 is 13.5 Å². The van der Waals surface area contributed by atoms with Crippen LogP contribution in [0.2, 0.25) is 5.02 Å². The van der Waals surface area contributed by atoms with Crippen LogP contribution in [0, 0.1) is 11.3 Å². The minimum Gasteiger partial charge on any atom is -0.415 e. The molecule has 1 rings (SSSR count). The maximum atomic E-state index is 11.8. The van der Waals surface area contributed by atoms with Crippen molar-refractivity contribution in [2.75, 3.05) is 0 Å². The fraction of sp³-hybridized carbons (Fsp3) is 0.143. The minimum atomic E-state index is -3.02. The first-order chi connectivity index (χ1) is 6.15. The number of rotatable bonds is 2. The monoisotopic (exact) mass is 204 g/mol. The maximum Gasteiger partial charge on any atom is 0.388 e. The molecule has 3 nitrogen and oxygen atoms in total. The standard InChI is InChI=1S/C7H3ClF2N2O/c8-5-1-2-12-6(4(5)3-11)13-7(9)10/h1-2,7H. The summed E-state index contributed by atoms with van der Waals surface area (Å²) in [6, 6.07) is 2.93. The van der Waals surface area contributed by atoms with Crippen molar-refractivity contribution in [1.29, 1.82) is 5.26 Å². The van der Waals surface area contributed by atoms with E-state index in [-0.39, 0.29) is 10.6 Å². The number of pyridine rings is 1. The highest BCUT2D eigenvalue weighted by Gasteiger charge is 2.13. The smallest absolute Gasteiger partial charge is 0.388 e. The Hall–Kier alpha value is -1.41. The largest absolute Gasteiger partial charge is 0.415 e. The van der Waals surface area contributed by atoms with Gasteiger partial charge < -0.3 is 4.74 Å². The molecule has 13 heavy (non-hydrogen) atoms. The highest BCUT2D eigenvalue weighted by Crippen LogP contribution is 2.23. The molecule has 0 radical (unpaired) electrons. The van der Waals surface area contributed by atoms with Gasteiger partial charge in [0.25, 0.3) is 0 Å². The summed E-state index contributed by atoms with van der Waals surface area (Å²) in [5, 5.41) is 8.55. The lowest BCUT2D eigenvalue weighted by Gasteiger charge is -2.04. The predicted octanol–water partition coefficient (Wildman–Crippen LogP) is 2.21. The summed E-state index contributed by atoms with van der Waals surface area (Å²) in [5.41, 5.74) is -0.190. The zero-order valence-electron chi connectivity index (χ0n) is 6.17. The second-order valence-corrected chi connectivity index (χ2v) is 2.37. The minimum absolute atomic E-state index is 0.0353. The van der Waals surface area contributed by atoms with E-state index >= 15 is 0 Å². The molecule has 68 valence electrons. The molecular weight excluding hydrogens is 202 g/mol. The number of nitriles is 1. The van der Waals surface area contributed by atoms with Gasteiger partial charge in [0.1, 0.15) is 11.6 Å². The summed E-state index contributed by atoms with van der Waals surface area (Å²) in [6.45, 7) is -3.02. The molecular formula is C7H3ClF2N2O. The molecule has 0 aliphatic rings. The number of nitrogens with zero attached hydrogens (tertiary/aromatic N) is 2. The van der Waals surface area contributed by atoms with Gasteiger partial charge in [-0.1, -0.05) is 11.6 Å². The molecule has 1 aromatic rings.